The molecule has 1 heterocycles. The van der Waals surface area contributed by atoms with E-state index in [-0.39, 0.29) is 0 Å². The van der Waals surface area contributed by atoms with E-state index in [4.69, 9.17) is 0 Å². The van der Waals surface area contributed by atoms with Crippen molar-refractivity contribution in [1.29, 1.82) is 0 Å². The summed E-state index contributed by atoms with van der Waals surface area (Å²) in [5, 5.41) is 10.7. The third kappa shape index (κ3) is 2.96. The van der Waals surface area contributed by atoms with Crippen LogP contribution in [0.4, 0.5) is 0 Å². The van der Waals surface area contributed by atoms with Crippen LogP contribution in [0.25, 0.3) is 0 Å². The fraction of sp³-hybridized carbons (Fsp3) is 1.00. The molecule has 94 valence electrons. The molecule has 2 fully saturated rings. The first-order chi connectivity index (χ1) is 7.50. The van der Waals surface area contributed by atoms with Crippen molar-refractivity contribution in [2.45, 2.75) is 57.2 Å². The molecule has 0 spiro atoms. The molecule has 3 nitrogen and oxygen atoms in total. The van der Waals surface area contributed by atoms with Crippen molar-refractivity contribution >= 4 is 0 Å². The molecule has 3 heteroatoms. The summed E-state index contributed by atoms with van der Waals surface area (Å²) < 4.78 is 0. The van der Waals surface area contributed by atoms with Crippen LogP contribution in [-0.2, 0) is 0 Å². The van der Waals surface area contributed by atoms with Gasteiger partial charge < -0.3 is 10.0 Å². The van der Waals surface area contributed by atoms with E-state index < -0.39 is 5.60 Å². The first-order valence-electron chi connectivity index (χ1n) is 6.67. The highest BCUT2D eigenvalue weighted by molar-refractivity contribution is 4.93. The maximum absolute atomic E-state index is 10.7. The zero-order chi connectivity index (χ0) is 11.8. The summed E-state index contributed by atoms with van der Waals surface area (Å²) in [6.07, 6.45) is 4.74. The van der Waals surface area contributed by atoms with E-state index in [1.54, 1.807) is 0 Å². The Morgan fingerprint density at radius 1 is 1.44 bits per heavy atom. The second-order valence-corrected chi connectivity index (χ2v) is 6.04. The van der Waals surface area contributed by atoms with Gasteiger partial charge in [-0.15, -0.1) is 0 Å². The van der Waals surface area contributed by atoms with Crippen LogP contribution < -0.4 is 0 Å². The zero-order valence-corrected chi connectivity index (χ0v) is 10.9. The van der Waals surface area contributed by atoms with E-state index in [1.165, 1.54) is 12.8 Å². The van der Waals surface area contributed by atoms with Gasteiger partial charge in [0.05, 0.1) is 5.60 Å². The van der Waals surface area contributed by atoms with Crippen LogP contribution in [0.2, 0.25) is 0 Å². The Kier molecular flexibility index (Phi) is 3.57. The Bertz CT molecular complexity index is 236. The molecule has 1 unspecified atom stereocenters. The second kappa shape index (κ2) is 4.63. The van der Waals surface area contributed by atoms with Crippen LogP contribution in [0.1, 0.15) is 39.5 Å². The number of β-amino-alcohol motifs (C(OH)–C–C–N with tert-alkyl or cyclic N) is 1. The van der Waals surface area contributed by atoms with Crippen molar-refractivity contribution < 1.29 is 5.11 Å². The van der Waals surface area contributed by atoms with Crippen LogP contribution in [0, 0.1) is 0 Å². The number of piperidine rings is 1. The van der Waals surface area contributed by atoms with Gasteiger partial charge in [-0.1, -0.05) is 0 Å². The number of hydrogen-bond acceptors (Lipinski definition) is 3. The minimum absolute atomic E-state index is 0.472. The van der Waals surface area contributed by atoms with Gasteiger partial charge >= 0.3 is 0 Å². The molecule has 0 aromatic carbocycles. The average Bonchev–Trinajstić information content (AvgIpc) is 2.99. The Morgan fingerprint density at radius 3 is 2.69 bits per heavy atom. The predicted molar refractivity (Wildman–Crippen MR) is 66.5 cm³/mol. The molecule has 0 aromatic heterocycles. The van der Waals surface area contributed by atoms with Crippen LogP contribution in [-0.4, -0.2) is 59.3 Å². The molecule has 1 aliphatic heterocycles. The minimum Gasteiger partial charge on any atom is -0.387 e. The molecule has 1 atom stereocenters. The number of hydrogen-bond donors (Lipinski definition) is 1. The van der Waals surface area contributed by atoms with Crippen LogP contribution in [0.3, 0.4) is 0 Å². The smallest absolute Gasteiger partial charge is 0.0900 e. The quantitative estimate of drug-likeness (QED) is 0.783. The molecule has 1 saturated carbocycles. The van der Waals surface area contributed by atoms with Crippen LogP contribution in [0.5, 0.6) is 0 Å². The standard InChI is InChI=1S/C13H26N2O/c1-11(2)15-8-4-7-13(16,10-15)9-14(3)12-5-6-12/h11-12,16H,4-10H2,1-3H3. The van der Waals surface area contributed by atoms with Gasteiger partial charge in [0.2, 0.25) is 0 Å². The predicted octanol–water partition coefficient (Wildman–Crippen LogP) is 1.32. The summed E-state index contributed by atoms with van der Waals surface area (Å²) in [7, 11) is 2.16. The molecule has 0 radical (unpaired) electrons. The van der Waals surface area contributed by atoms with Crippen LogP contribution in [0.15, 0.2) is 0 Å². The van der Waals surface area contributed by atoms with Gasteiger partial charge in [0.1, 0.15) is 0 Å². The van der Waals surface area contributed by atoms with E-state index in [0.717, 1.165) is 38.5 Å². The topological polar surface area (TPSA) is 26.7 Å². The average molecular weight is 226 g/mol. The lowest BCUT2D eigenvalue weighted by Gasteiger charge is -2.43. The normalized spacial score (nSPS) is 32.6. The Hall–Kier alpha value is -0.120. The molecule has 0 amide bonds. The Morgan fingerprint density at radius 2 is 2.12 bits per heavy atom. The summed E-state index contributed by atoms with van der Waals surface area (Å²) in [6.45, 7) is 7.28. The molecule has 2 aliphatic rings. The largest absolute Gasteiger partial charge is 0.387 e. The molecule has 16 heavy (non-hydrogen) atoms. The lowest BCUT2D eigenvalue weighted by molar-refractivity contribution is -0.0579. The molecule has 1 N–H and O–H groups in total. The number of rotatable bonds is 4. The van der Waals surface area contributed by atoms with Gasteiger partial charge in [-0.3, -0.25) is 4.90 Å². The minimum atomic E-state index is -0.472. The highest BCUT2D eigenvalue weighted by Gasteiger charge is 2.38. The number of nitrogens with zero attached hydrogens (tertiary/aromatic N) is 2. The summed E-state index contributed by atoms with van der Waals surface area (Å²) >= 11 is 0. The van der Waals surface area contributed by atoms with Crippen molar-refractivity contribution in [1.82, 2.24) is 9.80 Å². The molecule has 1 aliphatic carbocycles. The van der Waals surface area contributed by atoms with Gasteiger partial charge in [-0.05, 0) is 53.1 Å². The van der Waals surface area contributed by atoms with E-state index in [0.29, 0.717) is 6.04 Å². The van der Waals surface area contributed by atoms with E-state index in [9.17, 15) is 5.11 Å². The molecule has 0 aromatic rings. The molecule has 0 bridgehead atoms. The van der Waals surface area contributed by atoms with Crippen molar-refractivity contribution in [3.05, 3.63) is 0 Å². The first-order valence-corrected chi connectivity index (χ1v) is 6.67. The lowest BCUT2D eigenvalue weighted by Crippen LogP contribution is -2.55. The second-order valence-electron chi connectivity index (χ2n) is 6.04. The van der Waals surface area contributed by atoms with Crippen molar-refractivity contribution in [3.63, 3.8) is 0 Å². The highest BCUT2D eigenvalue weighted by atomic mass is 16.3. The maximum atomic E-state index is 10.7. The lowest BCUT2D eigenvalue weighted by atomic mass is 9.91. The van der Waals surface area contributed by atoms with Gasteiger partial charge in [-0.25, -0.2) is 0 Å². The third-order valence-corrected chi connectivity index (χ3v) is 4.03. The Balaban J connectivity index is 1.89. The summed E-state index contributed by atoms with van der Waals surface area (Å²) in [4.78, 5) is 4.76. The van der Waals surface area contributed by atoms with Crippen LogP contribution >= 0.6 is 0 Å². The number of likely N-dealkylation sites (tertiary alicyclic amines) is 1. The van der Waals surface area contributed by atoms with Gasteiger partial charge in [-0.2, -0.15) is 0 Å². The zero-order valence-electron chi connectivity index (χ0n) is 10.9. The molecular weight excluding hydrogens is 200 g/mol. The SMILES string of the molecule is CC(C)N1CCCC(O)(CN(C)C2CC2)C1. The van der Waals surface area contributed by atoms with E-state index in [1.807, 2.05) is 0 Å². The van der Waals surface area contributed by atoms with E-state index >= 15 is 0 Å². The number of aliphatic hydroxyl groups is 1. The van der Waals surface area contributed by atoms with E-state index in [2.05, 4.69) is 30.7 Å². The van der Waals surface area contributed by atoms with Crippen molar-refractivity contribution in [2.75, 3.05) is 26.7 Å². The highest BCUT2D eigenvalue weighted by Crippen LogP contribution is 2.29. The summed E-state index contributed by atoms with van der Waals surface area (Å²) in [5.74, 6) is 0. The maximum Gasteiger partial charge on any atom is 0.0900 e. The fourth-order valence-electron chi connectivity index (χ4n) is 2.83. The fourth-order valence-corrected chi connectivity index (χ4v) is 2.83. The van der Waals surface area contributed by atoms with Gasteiger partial charge in [0.25, 0.3) is 0 Å². The molecule has 2 rings (SSSR count). The number of likely N-dealkylation sites (N-methyl/N-ethyl adjacent to an activating group) is 1. The molecular formula is C13H26N2O. The van der Waals surface area contributed by atoms with Crippen molar-refractivity contribution in [2.24, 2.45) is 0 Å². The third-order valence-electron chi connectivity index (χ3n) is 4.03. The van der Waals surface area contributed by atoms with Gasteiger partial charge in [0.15, 0.2) is 0 Å². The monoisotopic (exact) mass is 226 g/mol. The summed E-state index contributed by atoms with van der Waals surface area (Å²) in [6, 6.07) is 1.30. The van der Waals surface area contributed by atoms with Crippen molar-refractivity contribution in [3.8, 4) is 0 Å². The molecule has 1 saturated heterocycles. The van der Waals surface area contributed by atoms with Gasteiger partial charge in [0, 0.05) is 25.2 Å². The summed E-state index contributed by atoms with van der Waals surface area (Å²) in [5.41, 5.74) is -0.472. The first kappa shape index (κ1) is 12.3. The Labute approximate surface area is 99.4 Å².